The molecule has 2 amide bonds. The quantitative estimate of drug-likeness (QED) is 0.565. The lowest BCUT2D eigenvalue weighted by Gasteiger charge is -2.32. The van der Waals surface area contributed by atoms with E-state index in [1.165, 1.54) is 12.1 Å². The van der Waals surface area contributed by atoms with Crippen molar-refractivity contribution in [2.75, 3.05) is 39.8 Å². The topological polar surface area (TPSA) is 78.0 Å². The number of rotatable bonds is 3. The van der Waals surface area contributed by atoms with Crippen molar-refractivity contribution in [3.8, 4) is 0 Å². The smallest absolute Gasteiger partial charge is 0.269 e. The first-order chi connectivity index (χ1) is 10.9. The van der Waals surface area contributed by atoms with E-state index >= 15 is 0 Å². The zero-order valence-electron chi connectivity index (χ0n) is 13.3. The summed E-state index contributed by atoms with van der Waals surface area (Å²) in [5.74, 6) is -0.663. The van der Waals surface area contributed by atoms with Crippen LogP contribution in [0.5, 0.6) is 0 Å². The Morgan fingerprint density at radius 1 is 1.12 bits per heavy atom. The van der Waals surface area contributed by atoms with Gasteiger partial charge in [0, 0.05) is 39.1 Å². The minimum Gasteiger partial charge on any atom is -1.00 e. The molecule has 2 aliphatic heterocycles. The summed E-state index contributed by atoms with van der Waals surface area (Å²) < 4.78 is 25.6. The van der Waals surface area contributed by atoms with Crippen LogP contribution >= 0.6 is 0 Å². The number of hydrogen-bond donors (Lipinski definition) is 0. The van der Waals surface area contributed by atoms with Gasteiger partial charge in [-0.1, -0.05) is 12.1 Å². The van der Waals surface area contributed by atoms with Gasteiger partial charge >= 0.3 is 0 Å². The molecule has 0 radical (unpaired) electrons. The molecule has 1 aromatic carbocycles. The molecular formula is C15H19ClN3O4S-. The largest absolute Gasteiger partial charge is 1.00 e. The number of halogens is 1. The minimum atomic E-state index is -3.83. The first-order valence-corrected chi connectivity index (χ1v) is 8.97. The average molecular weight is 373 g/mol. The maximum atomic E-state index is 12.4. The van der Waals surface area contributed by atoms with Crippen LogP contribution in [-0.2, 0) is 14.8 Å². The van der Waals surface area contributed by atoms with E-state index in [0.717, 1.165) is 17.4 Å². The van der Waals surface area contributed by atoms with Crippen LogP contribution in [-0.4, -0.2) is 74.1 Å². The Morgan fingerprint density at radius 3 is 2.38 bits per heavy atom. The van der Waals surface area contributed by atoms with Crippen molar-refractivity contribution in [1.29, 1.82) is 0 Å². The molecule has 2 aliphatic rings. The summed E-state index contributed by atoms with van der Waals surface area (Å²) in [4.78, 5) is 28.4. The number of amides is 2. The second-order valence-corrected chi connectivity index (χ2v) is 7.64. The summed E-state index contributed by atoms with van der Waals surface area (Å²) in [7, 11) is -1.83. The highest BCUT2D eigenvalue weighted by molar-refractivity contribution is 7.90. The normalized spacial score (nSPS) is 19.8. The zero-order chi connectivity index (χ0) is 16.6. The predicted molar refractivity (Wildman–Crippen MR) is 83.4 cm³/mol. The van der Waals surface area contributed by atoms with E-state index in [9.17, 15) is 18.0 Å². The molecule has 132 valence electrons. The molecular weight excluding hydrogens is 354 g/mol. The van der Waals surface area contributed by atoms with E-state index in [0.29, 0.717) is 13.1 Å². The Labute approximate surface area is 147 Å². The van der Waals surface area contributed by atoms with Gasteiger partial charge < -0.3 is 22.2 Å². The predicted octanol–water partition coefficient (Wildman–Crippen LogP) is -3.00. The third kappa shape index (κ3) is 3.26. The van der Waals surface area contributed by atoms with E-state index in [-0.39, 0.29) is 41.7 Å². The van der Waals surface area contributed by atoms with Gasteiger partial charge in [0.2, 0.25) is 5.91 Å². The molecule has 0 aromatic heterocycles. The fourth-order valence-corrected chi connectivity index (χ4v) is 4.43. The lowest BCUT2D eigenvalue weighted by atomic mass is 10.2. The van der Waals surface area contributed by atoms with Gasteiger partial charge in [0.1, 0.15) is 4.90 Å². The number of carbonyl (C=O) groups excluding carboxylic acids is 2. The molecule has 3 rings (SSSR count). The number of fused-ring (bicyclic) bond motifs is 1. The number of benzene rings is 1. The van der Waals surface area contributed by atoms with Gasteiger partial charge in [-0.3, -0.25) is 9.59 Å². The monoisotopic (exact) mass is 372 g/mol. The summed E-state index contributed by atoms with van der Waals surface area (Å²) in [6.07, 6.45) is 0.0165. The number of likely N-dealkylation sites (N-methyl/N-ethyl adjacent to an activating group) is 1. The van der Waals surface area contributed by atoms with Crippen LogP contribution in [0.1, 0.15) is 16.8 Å². The fourth-order valence-electron chi connectivity index (χ4n) is 2.86. The highest BCUT2D eigenvalue weighted by Crippen LogP contribution is 2.29. The molecule has 1 aromatic rings. The van der Waals surface area contributed by atoms with Crippen molar-refractivity contribution in [1.82, 2.24) is 14.1 Å². The van der Waals surface area contributed by atoms with Crippen molar-refractivity contribution in [3.63, 3.8) is 0 Å². The summed E-state index contributed by atoms with van der Waals surface area (Å²) in [6, 6.07) is 6.13. The summed E-state index contributed by atoms with van der Waals surface area (Å²) in [5.41, 5.74) is 0.180. The highest BCUT2D eigenvalue weighted by atomic mass is 35.5. The minimum absolute atomic E-state index is 0. The summed E-state index contributed by atoms with van der Waals surface area (Å²) in [6.45, 7) is 2.77. The molecule has 1 fully saturated rings. The second-order valence-electron chi connectivity index (χ2n) is 5.81. The van der Waals surface area contributed by atoms with E-state index in [4.69, 9.17) is 0 Å². The van der Waals surface area contributed by atoms with Crippen molar-refractivity contribution in [3.05, 3.63) is 29.8 Å². The van der Waals surface area contributed by atoms with Gasteiger partial charge in [-0.15, -0.1) is 0 Å². The molecule has 24 heavy (non-hydrogen) atoms. The molecule has 0 saturated carbocycles. The third-order valence-electron chi connectivity index (χ3n) is 4.30. The molecule has 0 bridgehead atoms. The van der Waals surface area contributed by atoms with Crippen LogP contribution in [0.4, 0.5) is 0 Å². The SMILES string of the molecule is CN1CCN(C(=O)CCN2C(=O)c3ccccc3S2(=O)=O)CC1.[Cl-]. The first-order valence-electron chi connectivity index (χ1n) is 7.53. The van der Waals surface area contributed by atoms with Crippen LogP contribution in [0.15, 0.2) is 29.2 Å². The lowest BCUT2D eigenvalue weighted by molar-refractivity contribution is -0.132. The molecule has 0 N–H and O–H groups in total. The first kappa shape index (κ1) is 18.7. The molecule has 9 heteroatoms. The van der Waals surface area contributed by atoms with Crippen LogP contribution in [0.3, 0.4) is 0 Å². The Morgan fingerprint density at radius 2 is 1.75 bits per heavy atom. The van der Waals surface area contributed by atoms with Crippen molar-refractivity contribution in [2.24, 2.45) is 0 Å². The third-order valence-corrected chi connectivity index (χ3v) is 6.14. The fraction of sp³-hybridized carbons (Fsp3) is 0.467. The average Bonchev–Trinajstić information content (AvgIpc) is 2.73. The number of hydrogen-bond acceptors (Lipinski definition) is 5. The van der Waals surface area contributed by atoms with Gasteiger partial charge in [0.25, 0.3) is 15.9 Å². The second kappa shape index (κ2) is 7.08. The van der Waals surface area contributed by atoms with Gasteiger partial charge in [0.05, 0.1) is 5.56 Å². The number of nitrogens with zero attached hydrogens (tertiary/aromatic N) is 3. The summed E-state index contributed by atoms with van der Waals surface area (Å²) >= 11 is 0. The van der Waals surface area contributed by atoms with Crippen molar-refractivity contribution in [2.45, 2.75) is 11.3 Å². The van der Waals surface area contributed by atoms with Gasteiger partial charge in [0.15, 0.2) is 0 Å². The molecule has 2 heterocycles. The van der Waals surface area contributed by atoms with Crippen LogP contribution in [0.25, 0.3) is 0 Å². The molecule has 0 spiro atoms. The van der Waals surface area contributed by atoms with E-state index in [1.54, 1.807) is 17.0 Å². The van der Waals surface area contributed by atoms with E-state index < -0.39 is 15.9 Å². The Kier molecular flexibility index (Phi) is 5.52. The van der Waals surface area contributed by atoms with Crippen LogP contribution in [0, 0.1) is 0 Å². The Balaban J connectivity index is 0.00000208. The molecule has 0 unspecified atom stereocenters. The maximum Gasteiger partial charge on any atom is 0.269 e. The zero-order valence-corrected chi connectivity index (χ0v) is 14.9. The number of piperazine rings is 1. The van der Waals surface area contributed by atoms with Crippen molar-refractivity contribution >= 4 is 21.8 Å². The maximum absolute atomic E-state index is 12.4. The molecule has 1 saturated heterocycles. The van der Waals surface area contributed by atoms with E-state index in [2.05, 4.69) is 4.90 Å². The lowest BCUT2D eigenvalue weighted by Crippen LogP contribution is -3.00. The van der Waals surface area contributed by atoms with Gasteiger partial charge in [-0.25, -0.2) is 12.7 Å². The van der Waals surface area contributed by atoms with Gasteiger partial charge in [-0.2, -0.15) is 0 Å². The Bertz CT molecular complexity index is 745. The number of sulfonamides is 1. The molecule has 0 aliphatic carbocycles. The standard InChI is InChI=1S/C15H19N3O4S.ClH/c1-16-8-10-17(11-9-16)14(19)6-7-18-15(20)12-4-2-3-5-13(12)23(18,21)22;/h2-5H,6-11H2,1H3;1H/p-1. The molecule has 7 nitrogen and oxygen atoms in total. The Hall–Kier alpha value is -1.64. The van der Waals surface area contributed by atoms with Crippen LogP contribution < -0.4 is 12.4 Å². The van der Waals surface area contributed by atoms with Crippen LogP contribution in [0.2, 0.25) is 0 Å². The number of carbonyl (C=O) groups is 2. The van der Waals surface area contributed by atoms with Crippen molar-refractivity contribution < 1.29 is 30.4 Å². The highest BCUT2D eigenvalue weighted by Gasteiger charge is 2.40. The summed E-state index contributed by atoms with van der Waals surface area (Å²) in [5, 5.41) is 0. The molecule has 0 atom stereocenters. The van der Waals surface area contributed by atoms with E-state index in [1.807, 2.05) is 7.05 Å². The van der Waals surface area contributed by atoms with Gasteiger partial charge in [-0.05, 0) is 19.2 Å².